The molecule has 0 aliphatic carbocycles. The Balaban J connectivity index is 0. The van der Waals surface area contributed by atoms with Crippen LogP contribution in [0.1, 0.15) is 78.1 Å². The van der Waals surface area contributed by atoms with Gasteiger partial charge in [-0.3, -0.25) is 0 Å². The van der Waals surface area contributed by atoms with E-state index in [1.165, 1.54) is 0 Å². The summed E-state index contributed by atoms with van der Waals surface area (Å²) >= 11 is 0. The van der Waals surface area contributed by atoms with Gasteiger partial charge in [0.05, 0.1) is 16.2 Å². The van der Waals surface area contributed by atoms with Crippen LogP contribution in [0.5, 0.6) is 0 Å². The van der Waals surface area contributed by atoms with Crippen molar-refractivity contribution in [2.24, 2.45) is 0 Å². The minimum atomic E-state index is -4.13. The number of rotatable bonds is 12. The molecule has 0 aromatic rings. The van der Waals surface area contributed by atoms with Gasteiger partial charge in [-0.2, -0.15) is 0 Å². The van der Waals surface area contributed by atoms with Crippen LogP contribution in [0, 0.1) is 0 Å². The summed E-state index contributed by atoms with van der Waals surface area (Å²) in [5.41, 5.74) is 0. The van der Waals surface area contributed by atoms with Gasteiger partial charge in [0.1, 0.15) is 0 Å². The Labute approximate surface area is 146 Å². The Morgan fingerprint density at radius 3 is 1.85 bits per heavy atom. The van der Waals surface area contributed by atoms with Gasteiger partial charge >= 0.3 is 29.6 Å². The molecule has 0 saturated heterocycles. The normalized spacial score (nSPS) is 14.6. The van der Waals surface area contributed by atoms with E-state index in [9.17, 15) is 13.0 Å². The molecule has 0 spiro atoms. The van der Waals surface area contributed by atoms with Crippen LogP contribution in [-0.4, -0.2) is 29.4 Å². The molecule has 0 aromatic carbocycles. The fourth-order valence-corrected chi connectivity index (χ4v) is 3.12. The number of aliphatic hydroxyl groups excluding tert-OH is 1. The fourth-order valence-electron chi connectivity index (χ4n) is 2.21. The molecule has 1 N–H and O–H groups in total. The Morgan fingerprint density at radius 1 is 0.950 bits per heavy atom. The van der Waals surface area contributed by atoms with Crippen LogP contribution in [-0.2, 0) is 10.1 Å². The molecule has 4 nitrogen and oxygen atoms in total. The average molecular weight is 316 g/mol. The van der Waals surface area contributed by atoms with Crippen molar-refractivity contribution in [3.8, 4) is 0 Å². The average Bonchev–Trinajstić information content (AvgIpc) is 2.29. The van der Waals surface area contributed by atoms with Gasteiger partial charge in [0.25, 0.3) is 0 Å². The van der Waals surface area contributed by atoms with Crippen LogP contribution in [0.2, 0.25) is 0 Å². The van der Waals surface area contributed by atoms with Gasteiger partial charge in [0.15, 0.2) is 0 Å². The zero-order valence-electron chi connectivity index (χ0n) is 13.3. The van der Waals surface area contributed by atoms with E-state index >= 15 is 0 Å². The van der Waals surface area contributed by atoms with Crippen molar-refractivity contribution in [2.75, 3.05) is 0 Å². The fraction of sp³-hybridized carbons (Fsp3) is 1.00. The second-order valence-corrected chi connectivity index (χ2v) is 7.10. The van der Waals surface area contributed by atoms with Gasteiger partial charge in [-0.25, -0.2) is 8.42 Å². The third-order valence-electron chi connectivity index (χ3n) is 3.44. The molecule has 0 aliphatic rings. The quantitative estimate of drug-likeness (QED) is 0.317. The van der Waals surface area contributed by atoms with Crippen LogP contribution in [0.4, 0.5) is 0 Å². The summed E-state index contributed by atoms with van der Waals surface area (Å²) in [4.78, 5) is 0. The summed E-state index contributed by atoms with van der Waals surface area (Å²) < 4.78 is 33.3. The minimum absolute atomic E-state index is 0. The van der Waals surface area contributed by atoms with Crippen molar-refractivity contribution in [3.05, 3.63) is 0 Å². The smallest absolute Gasteiger partial charge is 0.748 e. The summed E-state index contributed by atoms with van der Waals surface area (Å²) in [5, 5.41) is 8.41. The van der Waals surface area contributed by atoms with E-state index in [-0.39, 0.29) is 35.7 Å². The molecule has 0 heterocycles. The maximum absolute atomic E-state index is 11.1. The molecule has 6 heteroatoms. The molecule has 0 saturated carbocycles. The van der Waals surface area contributed by atoms with Gasteiger partial charge in [-0.05, 0) is 26.2 Å². The van der Waals surface area contributed by atoms with Crippen LogP contribution in [0.3, 0.4) is 0 Å². The molecule has 0 amide bonds. The summed E-state index contributed by atoms with van der Waals surface area (Å²) in [7, 11) is -4.13. The van der Waals surface area contributed by atoms with Crippen molar-refractivity contribution >= 4 is 10.1 Å². The first-order chi connectivity index (χ1) is 8.88. The second kappa shape index (κ2) is 13.5. The molecule has 2 atom stereocenters. The molecule has 0 aliphatic heterocycles. The number of hydrogen-bond donors (Lipinski definition) is 1. The topological polar surface area (TPSA) is 77.4 Å². The Hall–Kier alpha value is 0.870. The Kier molecular flexibility index (Phi) is 15.7. The maximum atomic E-state index is 11.1. The number of unbranched alkanes of at least 4 members (excludes halogenated alkanes) is 5. The first-order valence-corrected chi connectivity index (χ1v) is 8.97. The van der Waals surface area contributed by atoms with Crippen LogP contribution in [0.25, 0.3) is 0 Å². The molecule has 0 fully saturated rings. The summed E-state index contributed by atoms with van der Waals surface area (Å²) in [6, 6.07) is 0. The van der Waals surface area contributed by atoms with Crippen LogP contribution >= 0.6 is 0 Å². The van der Waals surface area contributed by atoms with E-state index in [0.717, 1.165) is 51.4 Å². The predicted octanol–water partition coefficient (Wildman–Crippen LogP) is 0.206. The van der Waals surface area contributed by atoms with Crippen LogP contribution in [0.15, 0.2) is 0 Å². The van der Waals surface area contributed by atoms with Gasteiger partial charge in [-0.1, -0.05) is 51.9 Å². The van der Waals surface area contributed by atoms with E-state index in [0.29, 0.717) is 12.8 Å². The molecule has 20 heavy (non-hydrogen) atoms. The molecule has 0 bridgehead atoms. The van der Waals surface area contributed by atoms with Crippen molar-refractivity contribution in [1.29, 1.82) is 0 Å². The maximum Gasteiger partial charge on any atom is 1.00 e. The predicted molar refractivity (Wildman–Crippen MR) is 77.0 cm³/mol. The Morgan fingerprint density at radius 2 is 1.40 bits per heavy atom. The molecule has 0 aromatic heterocycles. The van der Waals surface area contributed by atoms with E-state index < -0.39 is 15.4 Å². The van der Waals surface area contributed by atoms with Gasteiger partial charge in [0.2, 0.25) is 0 Å². The third kappa shape index (κ3) is 13.8. The van der Waals surface area contributed by atoms with Crippen molar-refractivity contribution in [2.45, 2.75) is 89.4 Å². The SMILES string of the molecule is CCCCC(CCCCCCCC(C)O)S(=O)(=O)[O-].[Na+]. The molecule has 2 unspecified atom stereocenters. The van der Waals surface area contributed by atoms with E-state index in [1.807, 2.05) is 6.92 Å². The molecular formula is C14H29NaO4S. The number of hydrogen-bond acceptors (Lipinski definition) is 4. The molecule has 116 valence electrons. The summed E-state index contributed by atoms with van der Waals surface area (Å²) in [5.74, 6) is 0. The zero-order valence-corrected chi connectivity index (χ0v) is 16.1. The monoisotopic (exact) mass is 316 g/mol. The van der Waals surface area contributed by atoms with Crippen LogP contribution < -0.4 is 29.6 Å². The van der Waals surface area contributed by atoms with E-state index in [2.05, 4.69) is 0 Å². The van der Waals surface area contributed by atoms with Crippen molar-refractivity contribution < 1.29 is 47.6 Å². The Bertz CT molecular complexity index is 304. The third-order valence-corrected chi connectivity index (χ3v) is 4.72. The van der Waals surface area contributed by atoms with E-state index in [4.69, 9.17) is 5.11 Å². The van der Waals surface area contributed by atoms with Crippen molar-refractivity contribution in [3.63, 3.8) is 0 Å². The van der Waals surface area contributed by atoms with Gasteiger partial charge < -0.3 is 9.66 Å². The second-order valence-electron chi connectivity index (χ2n) is 5.45. The van der Waals surface area contributed by atoms with Crippen molar-refractivity contribution in [1.82, 2.24) is 0 Å². The zero-order chi connectivity index (χ0) is 14.7. The number of aliphatic hydroxyl groups is 1. The summed E-state index contributed by atoms with van der Waals surface area (Å²) in [6.45, 7) is 3.79. The molecular weight excluding hydrogens is 287 g/mol. The largest absolute Gasteiger partial charge is 1.00 e. The molecule has 0 rings (SSSR count). The first-order valence-electron chi connectivity index (χ1n) is 7.50. The molecule has 0 radical (unpaired) electrons. The summed E-state index contributed by atoms with van der Waals surface area (Å²) in [6.07, 6.45) is 8.23. The standard InChI is InChI=1S/C14H30O4S.Na/c1-3-4-11-14(19(16,17)18)12-9-7-5-6-8-10-13(2)15;/h13-15H,3-12H2,1-2H3,(H,16,17,18);/q;+1/p-1. The first kappa shape index (κ1) is 23.1. The van der Waals surface area contributed by atoms with Gasteiger partial charge in [0, 0.05) is 5.25 Å². The van der Waals surface area contributed by atoms with E-state index in [1.54, 1.807) is 6.92 Å². The van der Waals surface area contributed by atoms with Gasteiger partial charge in [-0.15, -0.1) is 0 Å². The minimum Gasteiger partial charge on any atom is -0.748 e.